The number of aliphatic hydroxyl groups is 1. The van der Waals surface area contributed by atoms with Gasteiger partial charge in [0.25, 0.3) is 0 Å². The van der Waals surface area contributed by atoms with E-state index in [1.807, 2.05) is 0 Å². The lowest BCUT2D eigenvalue weighted by molar-refractivity contribution is 0.198. The molecule has 2 aliphatic rings. The third-order valence-corrected chi connectivity index (χ3v) is 5.78. The van der Waals surface area contributed by atoms with E-state index >= 15 is 0 Å². The normalized spacial score (nSPS) is 24.8. The van der Waals surface area contributed by atoms with Crippen molar-refractivity contribution in [3.63, 3.8) is 0 Å². The van der Waals surface area contributed by atoms with Crippen LogP contribution in [0, 0.1) is 0 Å². The van der Waals surface area contributed by atoms with Crippen LogP contribution in [-0.4, -0.2) is 66.3 Å². The molecule has 3 heterocycles. The van der Waals surface area contributed by atoms with Crippen LogP contribution in [0.5, 0.6) is 0 Å². The summed E-state index contributed by atoms with van der Waals surface area (Å²) < 4.78 is 24.7. The molecule has 2 saturated heterocycles. The molecule has 22 heavy (non-hydrogen) atoms. The first-order valence-electron chi connectivity index (χ1n) is 7.64. The fraction of sp³-hybridized carbons (Fsp3) is 0.714. The summed E-state index contributed by atoms with van der Waals surface area (Å²) in [5.74, 6) is 1.07. The molecule has 0 saturated carbocycles. The van der Waals surface area contributed by atoms with Crippen LogP contribution >= 0.6 is 0 Å². The average molecular weight is 326 g/mol. The Labute approximate surface area is 131 Å². The van der Waals surface area contributed by atoms with Crippen molar-refractivity contribution in [1.82, 2.24) is 14.3 Å². The summed E-state index contributed by atoms with van der Waals surface area (Å²) in [6.45, 7) is 2.44. The zero-order valence-electron chi connectivity index (χ0n) is 12.7. The highest BCUT2D eigenvalue weighted by Crippen LogP contribution is 2.33. The Morgan fingerprint density at radius 1 is 1.14 bits per heavy atom. The number of hydrogen-bond donors (Lipinski definition) is 1. The van der Waals surface area contributed by atoms with E-state index in [0.717, 1.165) is 37.3 Å². The van der Waals surface area contributed by atoms with Gasteiger partial charge >= 0.3 is 0 Å². The predicted molar refractivity (Wildman–Crippen MR) is 83.3 cm³/mol. The second-order valence-electron chi connectivity index (χ2n) is 6.09. The highest BCUT2D eigenvalue weighted by molar-refractivity contribution is 7.88. The molecular formula is C14H22N4O3S. The van der Waals surface area contributed by atoms with Gasteiger partial charge in [-0.25, -0.2) is 17.7 Å². The van der Waals surface area contributed by atoms with Gasteiger partial charge in [-0.15, -0.1) is 0 Å². The Morgan fingerprint density at radius 3 is 2.41 bits per heavy atom. The van der Waals surface area contributed by atoms with Gasteiger partial charge in [-0.2, -0.15) is 0 Å². The summed E-state index contributed by atoms with van der Waals surface area (Å²) >= 11 is 0. The lowest BCUT2D eigenvalue weighted by Gasteiger charge is -2.31. The van der Waals surface area contributed by atoms with Gasteiger partial charge < -0.3 is 10.0 Å². The van der Waals surface area contributed by atoms with Gasteiger partial charge in [0.1, 0.15) is 0 Å². The van der Waals surface area contributed by atoms with Crippen molar-refractivity contribution in [3.05, 3.63) is 18.1 Å². The number of sulfonamides is 1. The fourth-order valence-corrected chi connectivity index (χ4v) is 4.14. The van der Waals surface area contributed by atoms with E-state index in [2.05, 4.69) is 14.9 Å². The molecule has 1 aromatic heterocycles. The van der Waals surface area contributed by atoms with Crippen LogP contribution < -0.4 is 4.90 Å². The molecule has 2 aliphatic heterocycles. The van der Waals surface area contributed by atoms with Gasteiger partial charge in [0, 0.05) is 44.5 Å². The minimum Gasteiger partial charge on any atom is -0.391 e. The molecule has 0 unspecified atom stereocenters. The predicted octanol–water partition coefficient (Wildman–Crippen LogP) is 0.187. The SMILES string of the molecule is CS(=O)(=O)N1CCC(c2nccnc2N2CC[C@H](O)C2)CC1. The van der Waals surface area contributed by atoms with Crippen LogP contribution in [0.1, 0.15) is 30.9 Å². The van der Waals surface area contributed by atoms with Crippen molar-refractivity contribution >= 4 is 15.8 Å². The molecule has 1 aromatic rings. The van der Waals surface area contributed by atoms with Crippen molar-refractivity contribution in [2.24, 2.45) is 0 Å². The number of nitrogens with zero attached hydrogens (tertiary/aromatic N) is 4. The molecule has 2 fully saturated rings. The van der Waals surface area contributed by atoms with Crippen LogP contribution in [0.4, 0.5) is 5.82 Å². The van der Waals surface area contributed by atoms with E-state index in [9.17, 15) is 13.5 Å². The molecular weight excluding hydrogens is 304 g/mol. The van der Waals surface area contributed by atoms with E-state index in [4.69, 9.17) is 0 Å². The highest BCUT2D eigenvalue weighted by Gasteiger charge is 2.31. The Hall–Kier alpha value is -1.25. The molecule has 0 amide bonds. The Morgan fingerprint density at radius 2 is 1.82 bits per heavy atom. The van der Waals surface area contributed by atoms with Crippen molar-refractivity contribution in [1.29, 1.82) is 0 Å². The topological polar surface area (TPSA) is 86.6 Å². The minimum absolute atomic E-state index is 0.222. The zero-order valence-corrected chi connectivity index (χ0v) is 13.5. The number of hydrogen-bond acceptors (Lipinski definition) is 6. The number of piperidine rings is 1. The third-order valence-electron chi connectivity index (χ3n) is 4.48. The van der Waals surface area contributed by atoms with Crippen molar-refractivity contribution in [3.8, 4) is 0 Å². The summed E-state index contributed by atoms with van der Waals surface area (Å²) in [5, 5.41) is 9.72. The molecule has 0 bridgehead atoms. The highest BCUT2D eigenvalue weighted by atomic mass is 32.2. The van der Waals surface area contributed by atoms with Gasteiger partial charge in [-0.3, -0.25) is 4.98 Å². The average Bonchev–Trinajstić information content (AvgIpc) is 2.93. The van der Waals surface area contributed by atoms with Crippen LogP contribution in [0.2, 0.25) is 0 Å². The van der Waals surface area contributed by atoms with Crippen LogP contribution in [0.25, 0.3) is 0 Å². The molecule has 3 rings (SSSR count). The first kappa shape index (κ1) is 15.6. The Kier molecular flexibility index (Phi) is 4.33. The second-order valence-corrected chi connectivity index (χ2v) is 8.07. The van der Waals surface area contributed by atoms with E-state index in [-0.39, 0.29) is 12.0 Å². The number of aromatic nitrogens is 2. The standard InChI is InChI=1S/C14H22N4O3S/c1-22(20,21)18-8-2-11(3-9-18)13-14(16-6-5-15-13)17-7-4-12(19)10-17/h5-6,11-12,19H,2-4,7-10H2,1H3/t12-/m0/s1. The number of rotatable bonds is 3. The monoisotopic (exact) mass is 326 g/mol. The van der Waals surface area contributed by atoms with E-state index in [1.165, 1.54) is 10.6 Å². The molecule has 1 N–H and O–H groups in total. The molecule has 0 spiro atoms. The summed E-state index contributed by atoms with van der Waals surface area (Å²) in [6, 6.07) is 0. The van der Waals surface area contributed by atoms with E-state index in [1.54, 1.807) is 12.4 Å². The Balaban J connectivity index is 1.76. The number of β-amino-alcohol motifs (C(OH)–C–C–N with tert-alkyl or cyclic N) is 1. The third kappa shape index (κ3) is 3.23. The summed E-state index contributed by atoms with van der Waals surface area (Å²) in [6.07, 6.45) is 6.59. The lowest BCUT2D eigenvalue weighted by atomic mass is 9.94. The van der Waals surface area contributed by atoms with Crippen LogP contribution in [0.3, 0.4) is 0 Å². The summed E-state index contributed by atoms with van der Waals surface area (Å²) in [4.78, 5) is 11.0. The Bertz CT molecular complexity index is 629. The van der Waals surface area contributed by atoms with Gasteiger partial charge in [0.15, 0.2) is 5.82 Å². The van der Waals surface area contributed by atoms with Crippen LogP contribution in [-0.2, 0) is 10.0 Å². The van der Waals surface area contributed by atoms with Crippen molar-refractivity contribution in [2.75, 3.05) is 37.3 Å². The van der Waals surface area contributed by atoms with Crippen LogP contribution in [0.15, 0.2) is 12.4 Å². The fourth-order valence-electron chi connectivity index (χ4n) is 3.27. The summed E-state index contributed by atoms with van der Waals surface area (Å²) in [7, 11) is -3.11. The maximum Gasteiger partial charge on any atom is 0.211 e. The molecule has 0 aromatic carbocycles. The molecule has 1 atom stereocenters. The second kappa shape index (κ2) is 6.10. The molecule has 7 nitrogen and oxygen atoms in total. The van der Waals surface area contributed by atoms with Gasteiger partial charge in [0.05, 0.1) is 18.1 Å². The number of anilines is 1. The molecule has 122 valence electrons. The summed E-state index contributed by atoms with van der Waals surface area (Å²) in [5.41, 5.74) is 0.935. The van der Waals surface area contributed by atoms with Gasteiger partial charge in [0.2, 0.25) is 10.0 Å². The quantitative estimate of drug-likeness (QED) is 0.853. The van der Waals surface area contributed by atoms with Gasteiger partial charge in [-0.1, -0.05) is 0 Å². The van der Waals surface area contributed by atoms with Crippen molar-refractivity contribution < 1.29 is 13.5 Å². The molecule has 0 radical (unpaired) electrons. The van der Waals surface area contributed by atoms with E-state index in [0.29, 0.717) is 19.6 Å². The zero-order chi connectivity index (χ0) is 15.7. The maximum absolute atomic E-state index is 11.6. The first-order chi connectivity index (χ1) is 10.4. The smallest absolute Gasteiger partial charge is 0.211 e. The lowest BCUT2D eigenvalue weighted by Crippen LogP contribution is -2.37. The molecule has 8 heteroatoms. The van der Waals surface area contributed by atoms with E-state index < -0.39 is 10.0 Å². The largest absolute Gasteiger partial charge is 0.391 e. The first-order valence-corrected chi connectivity index (χ1v) is 9.49. The van der Waals surface area contributed by atoms with Gasteiger partial charge in [-0.05, 0) is 19.3 Å². The molecule has 0 aliphatic carbocycles. The van der Waals surface area contributed by atoms with Crippen molar-refractivity contribution in [2.45, 2.75) is 31.3 Å². The number of aliphatic hydroxyl groups excluding tert-OH is 1. The maximum atomic E-state index is 11.6. The minimum atomic E-state index is -3.11.